The van der Waals surface area contributed by atoms with Crippen LogP contribution in [0.5, 0.6) is 0 Å². The monoisotopic (exact) mass is 201 g/mol. The quantitative estimate of drug-likeness (QED) is 0.159. The summed E-state index contributed by atoms with van der Waals surface area (Å²) in [4.78, 5) is 0. The molecule has 0 saturated carbocycles. The Balaban J connectivity index is 0. The molecule has 0 saturated heterocycles. The van der Waals surface area contributed by atoms with Crippen molar-refractivity contribution in [3.8, 4) is 0 Å². The van der Waals surface area contributed by atoms with E-state index in [0.717, 1.165) is 0 Å². The van der Waals surface area contributed by atoms with E-state index in [2.05, 4.69) is 29.5 Å². The Morgan fingerprint density at radius 2 is 1.82 bits per heavy atom. The molecule has 0 aromatic rings. The first-order chi connectivity index (χ1) is 4.79. The number of rotatable bonds is 2. The van der Waals surface area contributed by atoms with E-state index in [0.29, 0.717) is 0 Å². The maximum Gasteiger partial charge on any atom is 0.336 e. The lowest BCUT2D eigenvalue weighted by molar-refractivity contribution is -0.116. The predicted molar refractivity (Wildman–Crippen MR) is 43.7 cm³/mol. The van der Waals surface area contributed by atoms with Crippen LogP contribution in [0.2, 0.25) is 0 Å². The molecule has 0 spiro atoms. The van der Waals surface area contributed by atoms with Gasteiger partial charge in [-0.2, -0.15) is 12.6 Å². The van der Waals surface area contributed by atoms with Gasteiger partial charge in [-0.1, -0.05) is 0 Å². The molecule has 0 rings (SSSR count). The lowest BCUT2D eigenvalue weighted by atomic mass is 11.0. The van der Waals surface area contributed by atoms with Crippen LogP contribution in [0.25, 0.3) is 0 Å². The molecule has 6 nitrogen and oxygen atoms in total. The first kappa shape index (κ1) is 13.1. The van der Waals surface area contributed by atoms with Crippen LogP contribution in [0.4, 0.5) is 0 Å². The molecule has 0 bridgehead atoms. The van der Waals surface area contributed by atoms with Gasteiger partial charge < -0.3 is 4.55 Å². The average molecular weight is 201 g/mol. The van der Waals surface area contributed by atoms with Gasteiger partial charge >= 0.3 is 5.96 Å². The second-order valence-electron chi connectivity index (χ2n) is 1.49. The van der Waals surface area contributed by atoms with Crippen LogP contribution in [-0.2, 0) is 10.1 Å². The molecular weight excluding hydrogens is 190 g/mol. The van der Waals surface area contributed by atoms with Gasteiger partial charge in [0.1, 0.15) is 0 Å². The van der Waals surface area contributed by atoms with Crippen LogP contribution < -0.4 is 16.9 Å². The average Bonchev–Trinajstić information content (AvgIpc) is 1.58. The molecular formula is C3H11N3O3S2. The van der Waals surface area contributed by atoms with Crippen molar-refractivity contribution >= 4 is 28.7 Å². The van der Waals surface area contributed by atoms with Gasteiger partial charge in [0, 0.05) is 11.5 Å². The lowest BCUT2D eigenvalue weighted by Gasteiger charge is -2.00. The van der Waals surface area contributed by atoms with Gasteiger partial charge in [0.2, 0.25) is 0 Å². The van der Waals surface area contributed by atoms with Crippen LogP contribution >= 0.6 is 12.6 Å². The summed E-state index contributed by atoms with van der Waals surface area (Å²) in [6, 6.07) is 0. The molecule has 0 aliphatic rings. The maximum atomic E-state index is 9.63. The van der Waals surface area contributed by atoms with Gasteiger partial charge in [0.25, 0.3) is 0 Å². The number of guanidine groups is 1. The third-order valence-corrected chi connectivity index (χ3v) is 1.57. The number of thiol groups is 1. The smallest absolute Gasteiger partial charge is 0.336 e. The minimum atomic E-state index is -4.00. The van der Waals surface area contributed by atoms with Crippen molar-refractivity contribution in [3.63, 3.8) is 0 Å². The zero-order valence-electron chi connectivity index (χ0n) is 5.73. The molecule has 0 amide bonds. The van der Waals surface area contributed by atoms with Crippen LogP contribution in [0, 0.1) is 0 Å². The summed E-state index contributed by atoms with van der Waals surface area (Å²) in [5, 5.41) is 4.58. The summed E-state index contributed by atoms with van der Waals surface area (Å²) in [5.41, 5.74) is 9.17. The molecule has 0 aromatic carbocycles. The molecule has 11 heavy (non-hydrogen) atoms. The Hall–Kier alpha value is -0.470. The summed E-state index contributed by atoms with van der Waals surface area (Å²) in [7, 11) is -4.00. The maximum absolute atomic E-state index is 9.63. The third-order valence-electron chi connectivity index (χ3n) is 0.341. The molecule has 0 aliphatic carbocycles. The molecule has 0 aliphatic heterocycles. The SMILES string of the molecule is NC(N)=[NH2+].O=S(=O)([O-])CCS. The van der Waals surface area contributed by atoms with Crippen molar-refractivity contribution in [1.82, 2.24) is 0 Å². The molecule has 0 atom stereocenters. The Morgan fingerprint density at radius 1 is 1.55 bits per heavy atom. The lowest BCUT2D eigenvalue weighted by Crippen LogP contribution is -2.51. The minimum Gasteiger partial charge on any atom is -0.748 e. The summed E-state index contributed by atoms with van der Waals surface area (Å²) in [6.45, 7) is 0. The molecule has 0 fully saturated rings. The standard InChI is InChI=1S/C2H6O3S2.CH5N3/c3-7(4,5)2-1-6;2-1(3)4/h6H,1-2H2,(H,3,4,5);(H5,2,3,4). The van der Waals surface area contributed by atoms with Crippen LogP contribution in [-0.4, -0.2) is 30.4 Å². The summed E-state index contributed by atoms with van der Waals surface area (Å²) < 4.78 is 28.9. The summed E-state index contributed by atoms with van der Waals surface area (Å²) >= 11 is 3.53. The van der Waals surface area contributed by atoms with E-state index in [4.69, 9.17) is 0 Å². The highest BCUT2D eigenvalue weighted by atomic mass is 32.2. The van der Waals surface area contributed by atoms with Gasteiger partial charge in [-0.3, -0.25) is 16.9 Å². The fourth-order valence-corrected chi connectivity index (χ4v) is 1.01. The second-order valence-corrected chi connectivity index (χ2v) is 3.46. The zero-order chi connectivity index (χ0) is 9.49. The fraction of sp³-hybridized carbons (Fsp3) is 0.667. The van der Waals surface area contributed by atoms with E-state index in [1.54, 1.807) is 0 Å². The predicted octanol–water partition coefficient (Wildman–Crippen LogP) is -3.52. The largest absolute Gasteiger partial charge is 0.748 e. The van der Waals surface area contributed by atoms with Gasteiger partial charge in [0.15, 0.2) is 0 Å². The number of hydrogen-bond acceptors (Lipinski definition) is 4. The van der Waals surface area contributed by atoms with Crippen molar-refractivity contribution in [2.45, 2.75) is 0 Å². The Bertz CT molecular complexity index is 196. The topological polar surface area (TPSA) is 135 Å². The van der Waals surface area contributed by atoms with Crippen molar-refractivity contribution in [1.29, 1.82) is 0 Å². The van der Waals surface area contributed by atoms with Gasteiger partial charge in [-0.15, -0.1) is 0 Å². The number of nitrogens with two attached hydrogens (primary N) is 3. The van der Waals surface area contributed by atoms with E-state index < -0.39 is 10.1 Å². The fourth-order valence-electron chi connectivity index (χ4n) is 0.112. The van der Waals surface area contributed by atoms with Crippen molar-refractivity contribution in [3.05, 3.63) is 0 Å². The molecule has 0 radical (unpaired) electrons. The van der Waals surface area contributed by atoms with E-state index in [9.17, 15) is 13.0 Å². The molecule has 68 valence electrons. The number of hydrogen-bond donors (Lipinski definition) is 4. The zero-order valence-corrected chi connectivity index (χ0v) is 7.44. The highest BCUT2D eigenvalue weighted by Crippen LogP contribution is 1.81. The first-order valence-electron chi connectivity index (χ1n) is 2.47. The van der Waals surface area contributed by atoms with Crippen LogP contribution in [0.15, 0.2) is 0 Å². The third kappa shape index (κ3) is 43.4. The summed E-state index contributed by atoms with van der Waals surface area (Å²) in [6.07, 6.45) is 0. The Kier molecular flexibility index (Phi) is 7.47. The second kappa shape index (κ2) is 6.25. The molecule has 0 unspecified atom stereocenters. The minimum absolute atomic E-state index is 0.0833. The van der Waals surface area contributed by atoms with Gasteiger partial charge in [-0.25, -0.2) is 8.42 Å². The van der Waals surface area contributed by atoms with E-state index in [-0.39, 0.29) is 17.5 Å². The highest BCUT2D eigenvalue weighted by molar-refractivity contribution is 7.87. The highest BCUT2D eigenvalue weighted by Gasteiger charge is 1.87. The van der Waals surface area contributed by atoms with E-state index >= 15 is 0 Å². The van der Waals surface area contributed by atoms with Crippen molar-refractivity contribution in [2.75, 3.05) is 11.5 Å². The molecule has 6 N–H and O–H groups in total. The van der Waals surface area contributed by atoms with Crippen molar-refractivity contribution < 1.29 is 18.4 Å². The molecule has 0 heterocycles. The van der Waals surface area contributed by atoms with E-state index in [1.165, 1.54) is 0 Å². The first-order valence-corrected chi connectivity index (χ1v) is 4.68. The molecule has 8 heteroatoms. The van der Waals surface area contributed by atoms with Crippen LogP contribution in [0.3, 0.4) is 0 Å². The van der Waals surface area contributed by atoms with Crippen LogP contribution in [0.1, 0.15) is 0 Å². The van der Waals surface area contributed by atoms with Gasteiger partial charge in [0.05, 0.1) is 10.1 Å². The normalized spacial score (nSPS) is 9.64. The Morgan fingerprint density at radius 3 is 1.82 bits per heavy atom. The Labute approximate surface area is 70.6 Å². The molecule has 0 aromatic heterocycles. The summed E-state index contributed by atoms with van der Waals surface area (Å²) in [5.74, 6) is -0.359. The van der Waals surface area contributed by atoms with Gasteiger partial charge in [-0.05, 0) is 0 Å². The van der Waals surface area contributed by atoms with Crippen molar-refractivity contribution in [2.24, 2.45) is 11.5 Å². The van der Waals surface area contributed by atoms with E-state index in [1.807, 2.05) is 0 Å².